The third-order valence-electron chi connectivity index (χ3n) is 5.15. The average Bonchev–Trinajstić information content (AvgIpc) is 3.43. The van der Waals surface area contributed by atoms with Gasteiger partial charge in [-0.05, 0) is 12.5 Å². The van der Waals surface area contributed by atoms with E-state index in [1.807, 2.05) is 25.1 Å². The van der Waals surface area contributed by atoms with Gasteiger partial charge in [-0.2, -0.15) is 5.10 Å². The Balaban J connectivity index is 0.000000307. The second kappa shape index (κ2) is 9.92. The van der Waals surface area contributed by atoms with Gasteiger partial charge in [0, 0.05) is 36.5 Å². The minimum atomic E-state index is -0.193. The molecule has 4 heterocycles. The summed E-state index contributed by atoms with van der Waals surface area (Å²) in [6.45, 7) is 4.94. The van der Waals surface area contributed by atoms with Crippen molar-refractivity contribution in [1.82, 2.24) is 20.2 Å². The van der Waals surface area contributed by atoms with Gasteiger partial charge in [0.25, 0.3) is 0 Å². The zero-order chi connectivity index (χ0) is 22.5. The summed E-state index contributed by atoms with van der Waals surface area (Å²) in [5.74, 6) is 1.30. The van der Waals surface area contributed by atoms with E-state index >= 15 is 0 Å². The third kappa shape index (κ3) is 4.81. The first-order valence-electron chi connectivity index (χ1n) is 10.6. The fourth-order valence-corrected chi connectivity index (χ4v) is 4.38. The van der Waals surface area contributed by atoms with Crippen LogP contribution < -0.4 is 10.6 Å². The number of nitrogens with two attached hydrogens (primary N) is 1. The predicted octanol–water partition coefficient (Wildman–Crippen LogP) is 3.44. The number of aromatic nitrogens is 4. The number of carbonyl (C=O) groups excluding carboxylic acids is 1. The standard InChI is InChI=1S/C17H15N5O2S.C5H11NO/c23-14-8-13-15(25-14)17(22-4-6-24-7-5-22)20-16(19-13)10-2-1-3-12-11(10)9-18-21-12;1-2-3-4-5(6)7/h1-3,8-9,23H,4-7H2,(H,18,21);2-4H2,1H3,(H2,6,7). The van der Waals surface area contributed by atoms with Crippen LogP contribution in [0.4, 0.5) is 5.82 Å². The van der Waals surface area contributed by atoms with Crippen molar-refractivity contribution in [3.63, 3.8) is 0 Å². The van der Waals surface area contributed by atoms with Gasteiger partial charge in [-0.25, -0.2) is 9.97 Å². The number of morpholine rings is 1. The number of nitrogens with one attached hydrogen (secondary N) is 1. The molecule has 1 saturated heterocycles. The van der Waals surface area contributed by atoms with Crippen LogP contribution in [-0.2, 0) is 9.53 Å². The molecule has 4 aromatic rings. The zero-order valence-corrected chi connectivity index (χ0v) is 18.7. The number of ether oxygens (including phenoxy) is 1. The van der Waals surface area contributed by atoms with Crippen LogP contribution >= 0.6 is 11.3 Å². The summed E-state index contributed by atoms with van der Waals surface area (Å²) in [6.07, 6.45) is 4.30. The molecule has 4 N–H and O–H groups in total. The molecule has 0 radical (unpaired) electrons. The maximum absolute atomic E-state index is 9.98. The summed E-state index contributed by atoms with van der Waals surface area (Å²) in [4.78, 5) is 21.7. The lowest BCUT2D eigenvalue weighted by Gasteiger charge is -2.28. The van der Waals surface area contributed by atoms with Gasteiger partial charge in [-0.15, -0.1) is 0 Å². The quantitative estimate of drug-likeness (QED) is 0.421. The largest absolute Gasteiger partial charge is 0.499 e. The predicted molar refractivity (Wildman–Crippen MR) is 126 cm³/mol. The zero-order valence-electron chi connectivity index (χ0n) is 17.9. The molecule has 1 aromatic carbocycles. The number of fused-ring (bicyclic) bond motifs is 2. The molecule has 1 fully saturated rings. The number of hydrogen-bond donors (Lipinski definition) is 3. The number of aromatic amines is 1. The van der Waals surface area contributed by atoms with Crippen molar-refractivity contribution in [2.24, 2.45) is 5.73 Å². The number of primary amides is 1. The van der Waals surface area contributed by atoms with Gasteiger partial charge in [-0.3, -0.25) is 9.89 Å². The summed E-state index contributed by atoms with van der Waals surface area (Å²) >= 11 is 1.31. The number of unbranched alkanes of at least 4 members (excludes halogenated alkanes) is 1. The highest BCUT2D eigenvalue weighted by atomic mass is 32.1. The SMILES string of the molecule is CCCCC(N)=O.Oc1cc2nc(-c3cccc4[nH]ncc34)nc(N3CCOCC3)c2s1. The van der Waals surface area contributed by atoms with E-state index in [9.17, 15) is 9.90 Å². The number of anilines is 1. The number of rotatable bonds is 5. The minimum absolute atomic E-state index is 0.193. The van der Waals surface area contributed by atoms with Crippen LogP contribution in [0.5, 0.6) is 5.06 Å². The number of amides is 1. The molecule has 1 aliphatic rings. The molecule has 9 nitrogen and oxygen atoms in total. The summed E-state index contributed by atoms with van der Waals surface area (Å²) in [5.41, 5.74) is 7.47. The highest BCUT2D eigenvalue weighted by molar-refractivity contribution is 7.21. The van der Waals surface area contributed by atoms with Crippen LogP contribution in [0.3, 0.4) is 0 Å². The van der Waals surface area contributed by atoms with Crippen LogP contribution in [0.1, 0.15) is 26.2 Å². The van der Waals surface area contributed by atoms with Crippen LogP contribution in [-0.4, -0.2) is 57.5 Å². The van der Waals surface area contributed by atoms with Gasteiger partial charge < -0.3 is 20.5 Å². The molecule has 10 heteroatoms. The molecule has 3 aromatic heterocycles. The lowest BCUT2D eigenvalue weighted by molar-refractivity contribution is -0.118. The Labute approximate surface area is 189 Å². The minimum Gasteiger partial charge on any atom is -0.499 e. The molecule has 1 amide bonds. The van der Waals surface area contributed by atoms with E-state index in [1.54, 1.807) is 12.3 Å². The van der Waals surface area contributed by atoms with Gasteiger partial charge in [-0.1, -0.05) is 36.8 Å². The van der Waals surface area contributed by atoms with Gasteiger partial charge in [0.1, 0.15) is 0 Å². The molecule has 1 aliphatic heterocycles. The molecule has 0 atom stereocenters. The van der Waals surface area contributed by atoms with Crippen molar-refractivity contribution in [2.75, 3.05) is 31.2 Å². The number of thiophene rings is 1. The van der Waals surface area contributed by atoms with E-state index < -0.39 is 0 Å². The highest BCUT2D eigenvalue weighted by Crippen LogP contribution is 2.38. The van der Waals surface area contributed by atoms with E-state index in [0.717, 1.165) is 58.4 Å². The molecule has 0 bridgehead atoms. The summed E-state index contributed by atoms with van der Waals surface area (Å²) in [7, 11) is 0. The van der Waals surface area contributed by atoms with E-state index in [1.165, 1.54) is 11.3 Å². The first kappa shape index (κ1) is 22.0. The number of nitrogens with zero attached hydrogens (tertiary/aromatic N) is 4. The molecular weight excluding hydrogens is 428 g/mol. The van der Waals surface area contributed by atoms with Crippen molar-refractivity contribution in [3.8, 4) is 16.5 Å². The Bertz CT molecular complexity index is 1220. The Morgan fingerprint density at radius 3 is 2.84 bits per heavy atom. The monoisotopic (exact) mass is 454 g/mol. The van der Waals surface area contributed by atoms with E-state index in [2.05, 4.69) is 15.1 Å². The van der Waals surface area contributed by atoms with Gasteiger partial charge in [0.2, 0.25) is 5.91 Å². The third-order valence-corrected chi connectivity index (χ3v) is 6.08. The summed E-state index contributed by atoms with van der Waals surface area (Å²) in [6, 6.07) is 7.63. The molecule has 0 saturated carbocycles. The fraction of sp³-hybridized carbons (Fsp3) is 0.364. The van der Waals surface area contributed by atoms with Gasteiger partial charge >= 0.3 is 0 Å². The Kier molecular flexibility index (Phi) is 6.81. The van der Waals surface area contributed by atoms with E-state index in [4.69, 9.17) is 20.4 Å². The molecule has 168 valence electrons. The fourth-order valence-electron chi connectivity index (χ4n) is 3.53. The Hall–Kier alpha value is -3.24. The van der Waals surface area contributed by atoms with Crippen molar-refractivity contribution in [1.29, 1.82) is 0 Å². The lowest BCUT2D eigenvalue weighted by atomic mass is 10.1. The van der Waals surface area contributed by atoms with Crippen molar-refractivity contribution >= 4 is 44.2 Å². The molecule has 0 aliphatic carbocycles. The average molecular weight is 455 g/mol. The smallest absolute Gasteiger partial charge is 0.217 e. The topological polar surface area (TPSA) is 130 Å². The molecule has 32 heavy (non-hydrogen) atoms. The van der Waals surface area contributed by atoms with Crippen LogP contribution in [0.15, 0.2) is 30.5 Å². The normalized spacial score (nSPS) is 13.8. The van der Waals surface area contributed by atoms with E-state index in [-0.39, 0.29) is 11.0 Å². The summed E-state index contributed by atoms with van der Waals surface area (Å²) in [5, 5.41) is 18.3. The number of hydrogen-bond acceptors (Lipinski definition) is 8. The van der Waals surface area contributed by atoms with Crippen molar-refractivity contribution < 1.29 is 14.6 Å². The molecule has 5 rings (SSSR count). The van der Waals surface area contributed by atoms with Crippen molar-refractivity contribution in [3.05, 3.63) is 30.5 Å². The van der Waals surface area contributed by atoms with Crippen LogP contribution in [0.2, 0.25) is 0 Å². The first-order chi connectivity index (χ1) is 15.6. The van der Waals surface area contributed by atoms with Crippen LogP contribution in [0, 0.1) is 0 Å². The second-order valence-corrected chi connectivity index (χ2v) is 8.51. The Morgan fingerprint density at radius 1 is 1.31 bits per heavy atom. The number of benzene rings is 1. The molecular formula is C22H26N6O3S. The highest BCUT2D eigenvalue weighted by Gasteiger charge is 2.20. The Morgan fingerprint density at radius 2 is 2.12 bits per heavy atom. The molecule has 0 unspecified atom stereocenters. The van der Waals surface area contributed by atoms with Gasteiger partial charge in [0.05, 0.1) is 35.1 Å². The van der Waals surface area contributed by atoms with E-state index in [0.29, 0.717) is 25.5 Å². The number of aromatic hydroxyl groups is 1. The maximum Gasteiger partial charge on any atom is 0.217 e. The second-order valence-electron chi connectivity index (χ2n) is 7.48. The summed E-state index contributed by atoms with van der Waals surface area (Å²) < 4.78 is 6.36. The number of carbonyl (C=O) groups is 1. The molecule has 0 spiro atoms. The lowest BCUT2D eigenvalue weighted by Crippen LogP contribution is -2.36. The first-order valence-corrected chi connectivity index (χ1v) is 11.4. The van der Waals surface area contributed by atoms with Crippen LogP contribution in [0.25, 0.3) is 32.5 Å². The number of H-pyrrole nitrogens is 1. The van der Waals surface area contributed by atoms with Crippen molar-refractivity contribution in [2.45, 2.75) is 26.2 Å². The van der Waals surface area contributed by atoms with Gasteiger partial charge in [0.15, 0.2) is 16.7 Å². The maximum atomic E-state index is 9.98.